The smallest absolute Gasteiger partial charge is 0.159 e. The molecule has 1 aromatic heterocycles. The molecule has 4 heteroatoms. The summed E-state index contributed by atoms with van der Waals surface area (Å²) in [5, 5.41) is 0. The van der Waals surface area contributed by atoms with Gasteiger partial charge in [-0.05, 0) is 37.3 Å². The van der Waals surface area contributed by atoms with Crippen LogP contribution < -0.4 is 4.74 Å². The number of aromatic nitrogens is 2. The second-order valence-electron chi connectivity index (χ2n) is 4.57. The summed E-state index contributed by atoms with van der Waals surface area (Å²) in [7, 11) is 1.63. The number of H-pyrrole nitrogens is 1. The fourth-order valence-corrected chi connectivity index (χ4v) is 2.20. The van der Waals surface area contributed by atoms with E-state index in [1.165, 1.54) is 0 Å². The van der Waals surface area contributed by atoms with Gasteiger partial charge in [0.05, 0.1) is 23.7 Å². The molecule has 3 aromatic rings. The second-order valence-corrected chi connectivity index (χ2v) is 4.57. The van der Waals surface area contributed by atoms with E-state index >= 15 is 0 Å². The average Bonchev–Trinajstić information content (AvgIpc) is 2.89. The zero-order valence-corrected chi connectivity index (χ0v) is 11.3. The second kappa shape index (κ2) is 4.81. The summed E-state index contributed by atoms with van der Waals surface area (Å²) in [5.74, 6) is 1.54. The van der Waals surface area contributed by atoms with E-state index in [1.54, 1.807) is 20.1 Å². The van der Waals surface area contributed by atoms with Crippen molar-refractivity contribution in [3.63, 3.8) is 0 Å². The van der Waals surface area contributed by atoms with Gasteiger partial charge in [0.1, 0.15) is 11.6 Å². The number of hydrogen-bond acceptors (Lipinski definition) is 3. The van der Waals surface area contributed by atoms with E-state index in [4.69, 9.17) is 4.74 Å². The van der Waals surface area contributed by atoms with E-state index in [9.17, 15) is 4.79 Å². The first-order chi connectivity index (χ1) is 9.69. The molecular weight excluding hydrogens is 252 g/mol. The minimum atomic E-state index is 0.0420. The van der Waals surface area contributed by atoms with Crippen molar-refractivity contribution in [2.45, 2.75) is 6.92 Å². The number of para-hydroxylation sites is 1. The van der Waals surface area contributed by atoms with E-state index < -0.39 is 0 Å². The van der Waals surface area contributed by atoms with Gasteiger partial charge in [-0.3, -0.25) is 4.79 Å². The Labute approximate surface area is 116 Å². The third-order valence-corrected chi connectivity index (χ3v) is 3.25. The molecule has 3 rings (SSSR count). The van der Waals surface area contributed by atoms with Crippen LogP contribution in [0.5, 0.6) is 5.75 Å². The predicted molar refractivity (Wildman–Crippen MR) is 78.1 cm³/mol. The summed E-state index contributed by atoms with van der Waals surface area (Å²) in [5.41, 5.74) is 3.25. The maximum atomic E-state index is 11.4. The molecule has 20 heavy (non-hydrogen) atoms. The van der Waals surface area contributed by atoms with Crippen molar-refractivity contribution in [3.05, 3.63) is 48.0 Å². The number of carbonyl (C=O) groups is 1. The van der Waals surface area contributed by atoms with E-state index in [2.05, 4.69) is 9.97 Å². The average molecular weight is 266 g/mol. The van der Waals surface area contributed by atoms with Crippen LogP contribution in [0.1, 0.15) is 17.3 Å². The third kappa shape index (κ3) is 2.05. The summed E-state index contributed by atoms with van der Waals surface area (Å²) in [6.45, 7) is 1.55. The zero-order valence-electron chi connectivity index (χ0n) is 11.3. The van der Waals surface area contributed by atoms with E-state index in [1.807, 2.05) is 36.4 Å². The molecule has 0 amide bonds. The van der Waals surface area contributed by atoms with Crippen LogP contribution in [0, 0.1) is 0 Å². The van der Waals surface area contributed by atoms with Crippen LogP contribution in [0.3, 0.4) is 0 Å². The van der Waals surface area contributed by atoms with Crippen LogP contribution in [0.4, 0.5) is 0 Å². The molecule has 0 aliphatic heterocycles. The van der Waals surface area contributed by atoms with Crippen molar-refractivity contribution >= 4 is 16.8 Å². The number of ether oxygens (including phenoxy) is 1. The summed E-state index contributed by atoms with van der Waals surface area (Å²) in [6.07, 6.45) is 0. The van der Waals surface area contributed by atoms with Crippen molar-refractivity contribution in [2.75, 3.05) is 7.11 Å². The number of hydrogen-bond donors (Lipinski definition) is 1. The van der Waals surface area contributed by atoms with E-state index in [-0.39, 0.29) is 5.78 Å². The van der Waals surface area contributed by atoms with Crippen LogP contribution in [-0.4, -0.2) is 22.9 Å². The molecule has 0 atom stereocenters. The number of nitrogens with zero attached hydrogens (tertiary/aromatic N) is 1. The SMILES string of the molecule is COc1ccccc1-c1nc2ccc(C(C)=O)cc2[nH]1. The number of imidazole rings is 1. The molecule has 0 saturated carbocycles. The van der Waals surface area contributed by atoms with Crippen LogP contribution in [0.2, 0.25) is 0 Å². The number of fused-ring (bicyclic) bond motifs is 1. The highest BCUT2D eigenvalue weighted by atomic mass is 16.5. The molecule has 0 spiro atoms. The van der Waals surface area contributed by atoms with Gasteiger partial charge in [0.25, 0.3) is 0 Å². The van der Waals surface area contributed by atoms with E-state index in [0.717, 1.165) is 28.2 Å². The first kappa shape index (κ1) is 12.4. The molecule has 0 aliphatic carbocycles. The topological polar surface area (TPSA) is 55.0 Å². The van der Waals surface area contributed by atoms with Gasteiger partial charge >= 0.3 is 0 Å². The number of benzene rings is 2. The molecule has 1 N–H and O–H groups in total. The molecule has 2 aromatic carbocycles. The Bertz CT molecular complexity index is 790. The number of ketones is 1. The first-order valence-electron chi connectivity index (χ1n) is 6.33. The van der Waals surface area contributed by atoms with Gasteiger partial charge in [-0.25, -0.2) is 4.98 Å². The van der Waals surface area contributed by atoms with Gasteiger partial charge < -0.3 is 9.72 Å². The lowest BCUT2D eigenvalue weighted by atomic mass is 10.1. The maximum Gasteiger partial charge on any atom is 0.159 e. The number of aromatic amines is 1. The lowest BCUT2D eigenvalue weighted by Gasteiger charge is -2.04. The van der Waals surface area contributed by atoms with Crippen LogP contribution in [0.15, 0.2) is 42.5 Å². The van der Waals surface area contributed by atoms with Gasteiger partial charge in [0, 0.05) is 5.56 Å². The normalized spacial score (nSPS) is 10.7. The van der Waals surface area contributed by atoms with Crippen LogP contribution >= 0.6 is 0 Å². The first-order valence-corrected chi connectivity index (χ1v) is 6.33. The Kier molecular flexibility index (Phi) is 2.99. The van der Waals surface area contributed by atoms with Crippen molar-refractivity contribution in [3.8, 4) is 17.1 Å². The fourth-order valence-electron chi connectivity index (χ4n) is 2.20. The van der Waals surface area contributed by atoms with Gasteiger partial charge in [-0.2, -0.15) is 0 Å². The maximum absolute atomic E-state index is 11.4. The molecule has 0 radical (unpaired) electrons. The molecular formula is C16H14N2O2. The fraction of sp³-hybridized carbons (Fsp3) is 0.125. The van der Waals surface area contributed by atoms with E-state index in [0.29, 0.717) is 5.56 Å². The van der Waals surface area contributed by atoms with Gasteiger partial charge in [-0.15, -0.1) is 0 Å². The third-order valence-electron chi connectivity index (χ3n) is 3.25. The Morgan fingerprint density at radius 3 is 2.75 bits per heavy atom. The number of methoxy groups -OCH3 is 1. The van der Waals surface area contributed by atoms with Crippen LogP contribution in [0.25, 0.3) is 22.4 Å². The number of Topliss-reactive ketones (excluding diaryl/α,β-unsaturated/α-hetero) is 1. The Morgan fingerprint density at radius 1 is 1.20 bits per heavy atom. The summed E-state index contributed by atoms with van der Waals surface area (Å²) in [6, 6.07) is 13.2. The Balaban J connectivity index is 2.15. The highest BCUT2D eigenvalue weighted by molar-refractivity contribution is 5.97. The Morgan fingerprint density at radius 2 is 2.00 bits per heavy atom. The number of nitrogens with one attached hydrogen (secondary N) is 1. The monoisotopic (exact) mass is 266 g/mol. The standard InChI is InChI=1S/C16H14N2O2/c1-10(19)11-7-8-13-14(9-11)18-16(17-13)12-5-3-4-6-15(12)20-2/h3-9H,1-2H3,(H,17,18). The van der Waals surface area contributed by atoms with Crippen molar-refractivity contribution in [1.82, 2.24) is 9.97 Å². The molecule has 1 heterocycles. The lowest BCUT2D eigenvalue weighted by Crippen LogP contribution is -1.90. The highest BCUT2D eigenvalue weighted by Gasteiger charge is 2.10. The van der Waals surface area contributed by atoms with Crippen molar-refractivity contribution < 1.29 is 9.53 Å². The van der Waals surface area contributed by atoms with Crippen molar-refractivity contribution in [1.29, 1.82) is 0 Å². The molecule has 0 fully saturated rings. The largest absolute Gasteiger partial charge is 0.496 e. The number of carbonyl (C=O) groups excluding carboxylic acids is 1. The predicted octanol–water partition coefficient (Wildman–Crippen LogP) is 3.44. The minimum absolute atomic E-state index is 0.0420. The summed E-state index contributed by atoms with van der Waals surface area (Å²) in [4.78, 5) is 19.2. The summed E-state index contributed by atoms with van der Waals surface area (Å²) < 4.78 is 5.34. The van der Waals surface area contributed by atoms with Gasteiger partial charge in [-0.1, -0.05) is 12.1 Å². The molecule has 0 bridgehead atoms. The summed E-state index contributed by atoms with van der Waals surface area (Å²) >= 11 is 0. The lowest BCUT2D eigenvalue weighted by molar-refractivity contribution is 0.101. The molecule has 0 aliphatic rings. The quantitative estimate of drug-likeness (QED) is 0.739. The van der Waals surface area contributed by atoms with Gasteiger partial charge in [0.15, 0.2) is 5.78 Å². The molecule has 100 valence electrons. The molecule has 4 nitrogen and oxygen atoms in total. The Hall–Kier alpha value is -2.62. The van der Waals surface area contributed by atoms with Gasteiger partial charge in [0.2, 0.25) is 0 Å². The number of rotatable bonds is 3. The van der Waals surface area contributed by atoms with Crippen LogP contribution in [-0.2, 0) is 0 Å². The highest BCUT2D eigenvalue weighted by Crippen LogP contribution is 2.29. The zero-order chi connectivity index (χ0) is 14.1. The molecule has 0 unspecified atom stereocenters. The van der Waals surface area contributed by atoms with Crippen molar-refractivity contribution in [2.24, 2.45) is 0 Å². The minimum Gasteiger partial charge on any atom is -0.496 e. The molecule has 0 saturated heterocycles.